The van der Waals surface area contributed by atoms with Crippen molar-refractivity contribution in [3.63, 3.8) is 0 Å². The number of nitrogens with zero attached hydrogens (tertiary/aromatic N) is 3. The normalized spacial score (nSPS) is 19.3. The smallest absolute Gasteiger partial charge is 0.136 e. The van der Waals surface area contributed by atoms with Crippen LogP contribution in [0.3, 0.4) is 0 Å². The second kappa shape index (κ2) is 20.0. The molecule has 38 heavy (non-hydrogen) atoms. The van der Waals surface area contributed by atoms with Crippen LogP contribution in [-0.2, 0) is 20.8 Å². The van der Waals surface area contributed by atoms with E-state index >= 15 is 0 Å². The van der Waals surface area contributed by atoms with Gasteiger partial charge < -0.3 is 31.0 Å². The quantitative estimate of drug-likeness (QED) is 0.494. The first-order valence-corrected chi connectivity index (χ1v) is 12.7. The van der Waals surface area contributed by atoms with Gasteiger partial charge in [0.05, 0.1) is 5.69 Å². The Bertz CT molecular complexity index is 982. The lowest BCUT2D eigenvalue weighted by Crippen LogP contribution is -2.32. The highest BCUT2D eigenvalue weighted by atomic mass is 19.1. The van der Waals surface area contributed by atoms with Gasteiger partial charge in [0.25, 0.3) is 0 Å². The standard InChI is InChI=1S/C22H27FN4O.C3H6O.CH5N.CH4O.CH2O/c1-13-9-15(3-8-19(13)23)10-18-11-20(26-14(2)25-18)21-12-22(28-27-21)16-4-6-17(24)7-5-16;1-2-3-4;3*1-2/h3,8-9,11,16-17,22H,4-7,10,12,24H2,1-2H3;3H,2H2,1H3;2H2,1H3;2H,1H3;1H2. The molecule has 212 valence electrons. The van der Waals surface area contributed by atoms with Crippen molar-refractivity contribution < 1.29 is 23.9 Å². The molecule has 0 spiro atoms. The molecule has 1 fully saturated rings. The second-order valence-corrected chi connectivity index (χ2v) is 8.69. The third-order valence-electron chi connectivity index (χ3n) is 6.00. The predicted molar refractivity (Wildman–Crippen MR) is 148 cm³/mol. The number of aromatic nitrogens is 2. The van der Waals surface area contributed by atoms with E-state index in [9.17, 15) is 9.18 Å². The Hall–Kier alpha value is -3.08. The SMILES string of the molecule is C=O.CCC=O.CN.CO.Cc1nc(Cc2ccc(F)c(C)c2)cc(C2=NOC(C3CCC(N)CC3)C2)n1. The van der Waals surface area contributed by atoms with Crippen LogP contribution in [0.2, 0.25) is 0 Å². The minimum atomic E-state index is -0.185. The summed E-state index contributed by atoms with van der Waals surface area (Å²) >= 11 is 0. The van der Waals surface area contributed by atoms with E-state index in [1.54, 1.807) is 13.0 Å². The van der Waals surface area contributed by atoms with Crippen molar-refractivity contribution in [1.29, 1.82) is 0 Å². The number of hydrogen-bond acceptors (Lipinski definition) is 9. The van der Waals surface area contributed by atoms with E-state index in [2.05, 4.69) is 20.9 Å². The largest absolute Gasteiger partial charge is 0.400 e. The minimum Gasteiger partial charge on any atom is -0.400 e. The van der Waals surface area contributed by atoms with Crippen molar-refractivity contribution in [2.75, 3.05) is 14.2 Å². The van der Waals surface area contributed by atoms with Gasteiger partial charge >= 0.3 is 0 Å². The molecule has 0 radical (unpaired) electrons. The maximum absolute atomic E-state index is 13.5. The van der Waals surface area contributed by atoms with Gasteiger partial charge in [0.15, 0.2) is 0 Å². The average Bonchev–Trinajstić information content (AvgIpc) is 3.45. The Morgan fingerprint density at radius 2 is 1.71 bits per heavy atom. The molecule has 1 unspecified atom stereocenters. The molecule has 1 aliphatic heterocycles. The van der Waals surface area contributed by atoms with Gasteiger partial charge in [0.2, 0.25) is 0 Å². The highest BCUT2D eigenvalue weighted by Gasteiger charge is 2.33. The molecule has 0 bridgehead atoms. The van der Waals surface area contributed by atoms with Gasteiger partial charge in [-0.15, -0.1) is 0 Å². The number of aryl methyl sites for hydroxylation is 2. The Labute approximate surface area is 225 Å². The molecule has 2 heterocycles. The lowest BCUT2D eigenvalue weighted by Gasteiger charge is -2.28. The van der Waals surface area contributed by atoms with Crippen LogP contribution in [0, 0.1) is 25.6 Å². The van der Waals surface area contributed by atoms with E-state index in [0.29, 0.717) is 36.2 Å². The fraction of sp³-hybridized carbons (Fsp3) is 0.536. The fourth-order valence-corrected chi connectivity index (χ4v) is 4.21. The van der Waals surface area contributed by atoms with Crippen LogP contribution < -0.4 is 11.5 Å². The van der Waals surface area contributed by atoms with Gasteiger partial charge in [-0.25, -0.2) is 14.4 Å². The monoisotopic (exact) mass is 533 g/mol. The van der Waals surface area contributed by atoms with Gasteiger partial charge in [0, 0.05) is 38.1 Å². The Kier molecular flexibility index (Phi) is 18.3. The van der Waals surface area contributed by atoms with Crippen molar-refractivity contribution in [2.45, 2.75) is 77.9 Å². The number of hydrogen-bond donors (Lipinski definition) is 3. The summed E-state index contributed by atoms with van der Waals surface area (Å²) in [4.78, 5) is 32.1. The molecule has 0 amide bonds. The van der Waals surface area contributed by atoms with E-state index in [4.69, 9.17) is 20.5 Å². The molecular weight excluding hydrogens is 489 g/mol. The third kappa shape index (κ3) is 11.5. The first kappa shape index (κ1) is 34.9. The number of aldehydes is 1. The molecule has 10 heteroatoms. The van der Waals surface area contributed by atoms with Crippen LogP contribution in [0.5, 0.6) is 0 Å². The Balaban J connectivity index is 0.00000121. The number of halogens is 1. The molecule has 2 aliphatic rings. The summed E-state index contributed by atoms with van der Waals surface area (Å²) in [5.74, 6) is 1.04. The summed E-state index contributed by atoms with van der Waals surface area (Å²) < 4.78 is 13.5. The van der Waals surface area contributed by atoms with Crippen LogP contribution in [0.1, 0.15) is 73.8 Å². The molecule has 2 aromatic rings. The van der Waals surface area contributed by atoms with Gasteiger partial charge in [-0.05, 0) is 75.8 Å². The minimum absolute atomic E-state index is 0.126. The van der Waals surface area contributed by atoms with Crippen LogP contribution in [0.25, 0.3) is 0 Å². The predicted octanol–water partition coefficient (Wildman–Crippen LogP) is 3.43. The third-order valence-corrected chi connectivity index (χ3v) is 6.00. The highest BCUT2D eigenvalue weighted by molar-refractivity contribution is 5.99. The van der Waals surface area contributed by atoms with Crippen molar-refractivity contribution >= 4 is 18.8 Å². The number of aliphatic hydroxyl groups excluding tert-OH is 1. The number of rotatable bonds is 5. The molecule has 9 nitrogen and oxygen atoms in total. The Morgan fingerprint density at radius 1 is 1.11 bits per heavy atom. The lowest BCUT2D eigenvalue weighted by atomic mass is 9.81. The zero-order chi connectivity index (χ0) is 29.1. The van der Waals surface area contributed by atoms with Crippen molar-refractivity contribution in [3.8, 4) is 0 Å². The van der Waals surface area contributed by atoms with E-state index in [1.807, 2.05) is 32.8 Å². The number of aliphatic hydroxyl groups is 1. The molecule has 0 saturated heterocycles. The molecule has 1 aliphatic carbocycles. The molecule has 1 saturated carbocycles. The maximum atomic E-state index is 13.5. The van der Waals surface area contributed by atoms with Crippen molar-refractivity contribution in [2.24, 2.45) is 22.5 Å². The van der Waals surface area contributed by atoms with Crippen LogP contribution in [0.4, 0.5) is 4.39 Å². The van der Waals surface area contributed by atoms with Gasteiger partial charge in [-0.2, -0.15) is 0 Å². The van der Waals surface area contributed by atoms with Gasteiger partial charge in [0.1, 0.15) is 36.5 Å². The molecular formula is C28H44FN5O4. The summed E-state index contributed by atoms with van der Waals surface area (Å²) in [6, 6.07) is 7.49. The topological polar surface area (TPSA) is 154 Å². The van der Waals surface area contributed by atoms with E-state index in [1.165, 1.54) is 13.1 Å². The van der Waals surface area contributed by atoms with E-state index in [0.717, 1.165) is 68.2 Å². The summed E-state index contributed by atoms with van der Waals surface area (Å²) in [6.45, 7) is 7.48. The first-order valence-electron chi connectivity index (χ1n) is 12.7. The summed E-state index contributed by atoms with van der Waals surface area (Å²) in [6.07, 6.45) is 7.39. The molecule has 4 rings (SSSR count). The number of carbonyl (C=O) groups excluding carboxylic acids is 2. The fourth-order valence-electron chi connectivity index (χ4n) is 4.21. The Morgan fingerprint density at radius 3 is 2.26 bits per heavy atom. The second-order valence-electron chi connectivity index (χ2n) is 8.69. The van der Waals surface area contributed by atoms with E-state index < -0.39 is 0 Å². The number of benzene rings is 1. The first-order chi connectivity index (χ1) is 18.4. The highest BCUT2D eigenvalue weighted by Crippen LogP contribution is 2.32. The van der Waals surface area contributed by atoms with E-state index in [-0.39, 0.29) is 11.9 Å². The summed E-state index contributed by atoms with van der Waals surface area (Å²) in [7, 11) is 2.50. The molecule has 1 aromatic heterocycles. The average molecular weight is 534 g/mol. The lowest BCUT2D eigenvalue weighted by molar-refractivity contribution is -0.107. The van der Waals surface area contributed by atoms with Crippen LogP contribution in [0.15, 0.2) is 29.4 Å². The molecule has 1 aromatic carbocycles. The maximum Gasteiger partial charge on any atom is 0.136 e. The number of oxime groups is 1. The molecule has 5 N–H and O–H groups in total. The zero-order valence-electron chi connectivity index (χ0n) is 23.3. The molecule has 1 atom stereocenters. The van der Waals surface area contributed by atoms with Crippen molar-refractivity contribution in [1.82, 2.24) is 9.97 Å². The van der Waals surface area contributed by atoms with Gasteiger partial charge in [-0.3, -0.25) is 0 Å². The number of nitrogens with two attached hydrogens (primary N) is 2. The summed E-state index contributed by atoms with van der Waals surface area (Å²) in [5, 5.41) is 11.3. The van der Waals surface area contributed by atoms with Crippen LogP contribution in [-0.4, -0.2) is 60.2 Å². The zero-order valence-corrected chi connectivity index (χ0v) is 23.3. The number of carbonyl (C=O) groups is 2. The van der Waals surface area contributed by atoms with Gasteiger partial charge in [-0.1, -0.05) is 24.2 Å². The summed E-state index contributed by atoms with van der Waals surface area (Å²) in [5.41, 5.74) is 14.8. The van der Waals surface area contributed by atoms with Crippen LogP contribution >= 0.6 is 0 Å². The van der Waals surface area contributed by atoms with Crippen molar-refractivity contribution in [3.05, 3.63) is 58.4 Å².